The van der Waals surface area contributed by atoms with Gasteiger partial charge in [-0.2, -0.15) is 0 Å². The molecule has 3 heteroatoms. The molecule has 2 nitrogen and oxygen atoms in total. The van der Waals surface area contributed by atoms with Gasteiger partial charge in [-0.05, 0) is 74.1 Å². The van der Waals surface area contributed by atoms with E-state index in [9.17, 15) is 0 Å². The van der Waals surface area contributed by atoms with Gasteiger partial charge >= 0.3 is 0 Å². The second kappa shape index (κ2) is 10.5. The number of nitrogens with zero attached hydrogens (tertiary/aromatic N) is 2. The summed E-state index contributed by atoms with van der Waals surface area (Å²) in [6.07, 6.45) is -0.454. The zero-order valence-corrected chi connectivity index (χ0v) is 24.6. The predicted octanol–water partition coefficient (Wildman–Crippen LogP) is 11.8. The van der Waals surface area contributed by atoms with E-state index < -0.39 is 12.2 Å². The Morgan fingerprint density at radius 2 is 1.18 bits per heavy atom. The summed E-state index contributed by atoms with van der Waals surface area (Å²) >= 11 is 1.76. The molecule has 0 bridgehead atoms. The Bertz CT molecular complexity index is 2950. The Hall–Kier alpha value is -5.64. The van der Waals surface area contributed by atoms with Crippen molar-refractivity contribution in [3.05, 3.63) is 158 Å². The van der Waals surface area contributed by atoms with Crippen LogP contribution in [0.3, 0.4) is 0 Å². The summed E-state index contributed by atoms with van der Waals surface area (Å²) in [5.41, 5.74) is 5.20. The number of thiophene rings is 1. The van der Waals surface area contributed by atoms with Crippen LogP contribution in [0, 0.1) is 0 Å². The smallest absolute Gasteiger partial charge is 0.0972 e. The zero-order chi connectivity index (χ0) is 35.8. The van der Waals surface area contributed by atoms with E-state index in [0.29, 0.717) is 5.56 Å². The quantitative estimate of drug-likeness (QED) is 0.189. The van der Waals surface area contributed by atoms with Gasteiger partial charge in [0.25, 0.3) is 0 Å². The molecule has 0 saturated heterocycles. The van der Waals surface area contributed by atoms with Crippen LogP contribution in [0.1, 0.15) is 9.60 Å². The lowest BCUT2D eigenvalue weighted by Crippen LogP contribution is -1.91. The van der Waals surface area contributed by atoms with Crippen LogP contribution >= 0.6 is 11.3 Å². The summed E-state index contributed by atoms with van der Waals surface area (Å²) in [6, 6.07) is 37.3. The second-order valence-corrected chi connectivity index (χ2v) is 11.9. The lowest BCUT2D eigenvalue weighted by molar-refractivity contribution is 1.37. The molecule has 0 aliphatic rings. The molecular formula is C42H26N2S. The minimum atomic E-state index is -0.454. The molecule has 0 atom stereocenters. The van der Waals surface area contributed by atoms with Gasteiger partial charge in [0.2, 0.25) is 0 Å². The third-order valence-electron chi connectivity index (χ3n) is 8.25. The minimum absolute atomic E-state index is 0.00618. The average Bonchev–Trinajstić information content (AvgIpc) is 3.67. The van der Waals surface area contributed by atoms with Crippen LogP contribution in [0.4, 0.5) is 0 Å². The van der Waals surface area contributed by atoms with Crippen LogP contribution in [-0.2, 0) is 0 Å². The van der Waals surface area contributed by atoms with Gasteiger partial charge in [-0.25, -0.2) is 4.98 Å². The zero-order valence-electron chi connectivity index (χ0n) is 30.8. The lowest BCUT2D eigenvalue weighted by Gasteiger charge is -2.13. The van der Waals surface area contributed by atoms with E-state index in [0.717, 1.165) is 32.3 Å². The van der Waals surface area contributed by atoms with Gasteiger partial charge in [-0.1, -0.05) is 121 Å². The van der Waals surface area contributed by atoms with Crippen LogP contribution in [0.2, 0.25) is 0 Å². The summed E-state index contributed by atoms with van der Waals surface area (Å²) < 4.78 is 59.9. The molecule has 0 aliphatic carbocycles. The molecule has 210 valence electrons. The fraction of sp³-hybridized carbons (Fsp3) is 0. The summed E-state index contributed by atoms with van der Waals surface area (Å²) in [5.74, 6) is 0. The predicted molar refractivity (Wildman–Crippen MR) is 192 cm³/mol. The van der Waals surface area contributed by atoms with Gasteiger partial charge in [0.1, 0.15) is 0 Å². The number of rotatable bonds is 4. The highest BCUT2D eigenvalue weighted by Gasteiger charge is 2.14. The van der Waals surface area contributed by atoms with Crippen molar-refractivity contribution in [2.45, 2.75) is 0 Å². The van der Waals surface area contributed by atoms with E-state index in [2.05, 4.69) is 83.8 Å². The Morgan fingerprint density at radius 3 is 2.09 bits per heavy atom. The van der Waals surface area contributed by atoms with E-state index in [4.69, 9.17) is 14.6 Å². The monoisotopic (exact) mass is 597 g/mol. The summed E-state index contributed by atoms with van der Waals surface area (Å²) in [4.78, 5) is 11.4. The maximum atomic E-state index is 9.02. The summed E-state index contributed by atoms with van der Waals surface area (Å²) in [6.45, 7) is 0. The van der Waals surface area contributed by atoms with E-state index >= 15 is 0 Å². The number of benzene rings is 6. The summed E-state index contributed by atoms with van der Waals surface area (Å²) in [7, 11) is 0. The standard InChI is InChI=1S/C42H26N2S/c1-2-13-32-27(8-1)9-6-16-37(32)40-24-23-39(45-40)31-11-5-10-30(26-31)33-20-21-36(35-15-4-3-14-34(33)35)38-22-19-29-18-17-28-12-7-25-43-41(28)42(29)44-38/h1-26H/i7D,12D,17D,18D,19D,22D,25D. The molecular weight excluding hydrogens is 565 g/mol. The average molecular weight is 598 g/mol. The van der Waals surface area contributed by atoms with Crippen LogP contribution in [0.5, 0.6) is 0 Å². The lowest BCUT2D eigenvalue weighted by atomic mass is 9.92. The van der Waals surface area contributed by atoms with Gasteiger partial charge in [0, 0.05) is 32.3 Å². The van der Waals surface area contributed by atoms with E-state index in [1.165, 1.54) is 21.2 Å². The van der Waals surface area contributed by atoms with Crippen LogP contribution in [0.15, 0.2) is 158 Å². The third-order valence-corrected chi connectivity index (χ3v) is 9.42. The first-order valence-corrected chi connectivity index (χ1v) is 15.4. The first kappa shape index (κ1) is 19.6. The fourth-order valence-electron chi connectivity index (χ4n) is 6.12. The molecule has 0 radical (unpaired) electrons. The molecule has 0 saturated carbocycles. The first-order valence-electron chi connectivity index (χ1n) is 18.1. The Kier molecular flexibility index (Phi) is 4.58. The van der Waals surface area contributed by atoms with E-state index in [1.807, 2.05) is 36.4 Å². The Balaban J connectivity index is 1.19. The maximum absolute atomic E-state index is 9.02. The highest BCUT2D eigenvalue weighted by atomic mass is 32.1. The minimum Gasteiger partial charge on any atom is -0.254 e. The van der Waals surface area contributed by atoms with Gasteiger partial charge in [-0.3, -0.25) is 4.98 Å². The second-order valence-electron chi connectivity index (χ2n) is 10.9. The highest BCUT2D eigenvalue weighted by Crippen LogP contribution is 2.40. The Labute approximate surface area is 274 Å². The number of hydrogen-bond acceptors (Lipinski definition) is 3. The molecule has 0 N–H and O–H groups in total. The van der Waals surface area contributed by atoms with Crippen molar-refractivity contribution in [1.29, 1.82) is 0 Å². The normalized spacial score (nSPS) is 13.7. The molecule has 3 heterocycles. The molecule has 6 aromatic carbocycles. The molecule has 9 aromatic rings. The van der Waals surface area contributed by atoms with Crippen molar-refractivity contribution >= 4 is 54.7 Å². The molecule has 3 aromatic heterocycles. The first-order chi connectivity index (χ1) is 25.2. The van der Waals surface area contributed by atoms with Crippen molar-refractivity contribution in [3.8, 4) is 43.3 Å². The van der Waals surface area contributed by atoms with Crippen molar-refractivity contribution in [3.63, 3.8) is 0 Å². The van der Waals surface area contributed by atoms with Gasteiger partial charge in [0.05, 0.1) is 26.3 Å². The molecule has 0 spiro atoms. The van der Waals surface area contributed by atoms with Crippen molar-refractivity contribution in [1.82, 2.24) is 9.97 Å². The van der Waals surface area contributed by atoms with Crippen molar-refractivity contribution in [2.75, 3.05) is 0 Å². The van der Waals surface area contributed by atoms with Crippen molar-refractivity contribution < 1.29 is 9.60 Å². The number of pyridine rings is 2. The largest absolute Gasteiger partial charge is 0.254 e. The van der Waals surface area contributed by atoms with E-state index in [-0.39, 0.29) is 57.7 Å². The molecule has 0 amide bonds. The highest BCUT2D eigenvalue weighted by molar-refractivity contribution is 7.18. The number of fused-ring (bicyclic) bond motifs is 5. The maximum Gasteiger partial charge on any atom is 0.0972 e. The van der Waals surface area contributed by atoms with Crippen LogP contribution in [0.25, 0.3) is 86.6 Å². The van der Waals surface area contributed by atoms with Crippen LogP contribution in [-0.4, -0.2) is 9.97 Å². The third kappa shape index (κ3) is 4.40. The SMILES string of the molecule is [2H]c1nc2c(c([2H])c1[2H])c([2H])c([2H])c1c([2H])c([2H])c(-c3ccc(-c4cccc(-c5ccc(-c6cccc7ccccc67)s5)c4)c4ccccc34)nc12. The van der Waals surface area contributed by atoms with Gasteiger partial charge in [0.15, 0.2) is 0 Å². The topological polar surface area (TPSA) is 25.8 Å². The molecule has 0 aliphatic heterocycles. The molecule has 0 fully saturated rings. The van der Waals surface area contributed by atoms with Crippen molar-refractivity contribution in [2.24, 2.45) is 0 Å². The van der Waals surface area contributed by atoms with Crippen LogP contribution < -0.4 is 0 Å². The number of hydrogen-bond donors (Lipinski definition) is 0. The number of aromatic nitrogens is 2. The van der Waals surface area contributed by atoms with Gasteiger partial charge < -0.3 is 0 Å². The molecule has 0 unspecified atom stereocenters. The summed E-state index contributed by atoms with van der Waals surface area (Å²) in [5, 5.41) is 4.08. The van der Waals surface area contributed by atoms with Gasteiger partial charge in [-0.15, -0.1) is 11.3 Å². The fourth-order valence-corrected chi connectivity index (χ4v) is 7.16. The molecule has 9 rings (SSSR count). The Morgan fingerprint density at radius 1 is 0.489 bits per heavy atom. The molecule has 45 heavy (non-hydrogen) atoms. The van der Waals surface area contributed by atoms with E-state index in [1.54, 1.807) is 11.3 Å².